The molecule has 27 heavy (non-hydrogen) atoms. The molecule has 1 fully saturated rings. The Morgan fingerprint density at radius 1 is 1.41 bits per heavy atom. The monoisotopic (exact) mass is 371 g/mol. The zero-order valence-corrected chi connectivity index (χ0v) is 15.5. The van der Waals surface area contributed by atoms with Gasteiger partial charge >= 0.3 is 0 Å². The molecule has 0 saturated carbocycles. The Kier molecular flexibility index (Phi) is 5.94. The Hall–Kier alpha value is -2.63. The Labute approximate surface area is 158 Å². The van der Waals surface area contributed by atoms with Crippen molar-refractivity contribution in [3.8, 4) is 12.3 Å². The summed E-state index contributed by atoms with van der Waals surface area (Å²) in [5.41, 5.74) is 7.06. The lowest BCUT2D eigenvalue weighted by Crippen LogP contribution is -2.35. The van der Waals surface area contributed by atoms with E-state index in [-0.39, 0.29) is 24.8 Å². The lowest BCUT2D eigenvalue weighted by molar-refractivity contribution is -0.0606. The number of aromatic nitrogens is 3. The van der Waals surface area contributed by atoms with E-state index in [2.05, 4.69) is 15.9 Å². The molecule has 0 radical (unpaired) electrons. The minimum atomic E-state index is -0.497. The molecule has 3 rings (SSSR count). The lowest BCUT2D eigenvalue weighted by atomic mass is 10.1. The highest BCUT2D eigenvalue weighted by Crippen LogP contribution is 2.29. The highest BCUT2D eigenvalue weighted by Gasteiger charge is 2.26. The van der Waals surface area contributed by atoms with Crippen LogP contribution in [0.5, 0.6) is 0 Å². The van der Waals surface area contributed by atoms with Gasteiger partial charge in [-0.3, -0.25) is 4.79 Å². The maximum absolute atomic E-state index is 13.1. The van der Waals surface area contributed by atoms with Crippen LogP contribution in [0.3, 0.4) is 0 Å². The van der Waals surface area contributed by atoms with E-state index in [0.717, 1.165) is 32.4 Å². The second kappa shape index (κ2) is 8.37. The van der Waals surface area contributed by atoms with Crippen LogP contribution in [0.4, 0.5) is 5.82 Å². The first-order valence-corrected chi connectivity index (χ1v) is 9.16. The third-order valence-electron chi connectivity index (χ3n) is 4.84. The van der Waals surface area contributed by atoms with Gasteiger partial charge in [-0.15, -0.1) is 12.3 Å². The van der Waals surface area contributed by atoms with Gasteiger partial charge in [-0.05, 0) is 26.2 Å². The smallest absolute Gasteiger partial charge is 0.256 e. The number of carbonyl (C=O) groups is 1. The number of ether oxygens (including phenoxy) is 1. The maximum atomic E-state index is 13.1. The summed E-state index contributed by atoms with van der Waals surface area (Å²) in [6, 6.07) is 0. The number of carbonyl (C=O) groups excluding carboxylic acids is 1. The molecule has 2 aromatic rings. The van der Waals surface area contributed by atoms with Gasteiger partial charge < -0.3 is 25.0 Å². The van der Waals surface area contributed by atoms with Crippen LogP contribution < -0.4 is 5.73 Å². The minimum absolute atomic E-state index is 0.0746. The largest absolute Gasteiger partial charge is 0.394 e. The number of terminal acetylenes is 1. The van der Waals surface area contributed by atoms with E-state index in [1.165, 1.54) is 6.33 Å². The summed E-state index contributed by atoms with van der Waals surface area (Å²) in [6.45, 7) is 3.09. The number of nitrogen functional groups attached to an aromatic ring is 1. The number of nitrogens with zero attached hydrogens (tertiary/aromatic N) is 4. The van der Waals surface area contributed by atoms with Crippen LogP contribution in [0.2, 0.25) is 0 Å². The highest BCUT2D eigenvalue weighted by molar-refractivity contribution is 6.09. The molecular formula is C19H25N5O3. The average molecular weight is 371 g/mol. The van der Waals surface area contributed by atoms with E-state index < -0.39 is 12.3 Å². The fraction of sp³-hybridized carbons (Fsp3) is 0.526. The molecule has 3 heterocycles. The summed E-state index contributed by atoms with van der Waals surface area (Å²) < 4.78 is 7.60. The van der Waals surface area contributed by atoms with Gasteiger partial charge in [0, 0.05) is 25.7 Å². The minimum Gasteiger partial charge on any atom is -0.394 e. The van der Waals surface area contributed by atoms with Crippen molar-refractivity contribution in [3.05, 3.63) is 18.1 Å². The van der Waals surface area contributed by atoms with Crippen molar-refractivity contribution in [2.24, 2.45) is 0 Å². The van der Waals surface area contributed by atoms with Gasteiger partial charge in [0.15, 0.2) is 0 Å². The van der Waals surface area contributed by atoms with Crippen molar-refractivity contribution >= 4 is 22.8 Å². The van der Waals surface area contributed by atoms with E-state index in [1.54, 1.807) is 10.8 Å². The predicted molar refractivity (Wildman–Crippen MR) is 102 cm³/mol. The van der Waals surface area contributed by atoms with Crippen LogP contribution >= 0.6 is 0 Å². The number of rotatable bonds is 6. The number of fused-ring (bicyclic) bond motifs is 1. The number of likely N-dealkylation sites (tertiary alicyclic amines) is 1. The Morgan fingerprint density at radius 2 is 2.15 bits per heavy atom. The van der Waals surface area contributed by atoms with Crippen LogP contribution in [-0.2, 0) is 4.74 Å². The Balaban J connectivity index is 1.98. The summed E-state index contributed by atoms with van der Waals surface area (Å²) in [7, 11) is 0. The zero-order chi connectivity index (χ0) is 19.4. The van der Waals surface area contributed by atoms with Crippen LogP contribution in [0.15, 0.2) is 12.5 Å². The summed E-state index contributed by atoms with van der Waals surface area (Å²) in [4.78, 5) is 23.3. The second-order valence-corrected chi connectivity index (χ2v) is 6.71. The first kappa shape index (κ1) is 19.1. The Morgan fingerprint density at radius 3 is 2.81 bits per heavy atom. The third-order valence-corrected chi connectivity index (χ3v) is 4.84. The number of piperidine rings is 1. The van der Waals surface area contributed by atoms with Gasteiger partial charge in [0.05, 0.1) is 23.7 Å². The van der Waals surface area contributed by atoms with Crippen LogP contribution in [0.25, 0.3) is 11.0 Å². The molecule has 8 nitrogen and oxygen atoms in total. The number of aliphatic hydroxyl groups is 1. The number of nitrogens with two attached hydrogens (primary N) is 1. The number of anilines is 1. The molecule has 0 aromatic carbocycles. The number of hydrogen-bond donors (Lipinski definition) is 2. The van der Waals surface area contributed by atoms with E-state index in [1.807, 2.05) is 11.8 Å². The van der Waals surface area contributed by atoms with E-state index in [9.17, 15) is 9.90 Å². The van der Waals surface area contributed by atoms with Crippen molar-refractivity contribution in [2.75, 3.05) is 25.4 Å². The molecule has 8 heteroatoms. The molecule has 2 aromatic heterocycles. The molecule has 1 aliphatic rings. The quantitative estimate of drug-likeness (QED) is 0.747. The standard InChI is InChI=1S/C19H25N5O3/c1-3-7-14(11-25)27-13(2)24-10-15(16-17(20)21-12-22-18(16)24)19(26)23-8-5-4-6-9-23/h1,10,12-14,25H,4-9,11H2,2H3,(H2,20,21,22)/t13-,14+/m1/s1. The summed E-state index contributed by atoms with van der Waals surface area (Å²) in [6.07, 6.45) is 10.8. The topological polar surface area (TPSA) is 106 Å². The summed E-state index contributed by atoms with van der Waals surface area (Å²) in [5, 5.41) is 9.97. The molecule has 3 N–H and O–H groups in total. The van der Waals surface area contributed by atoms with Gasteiger partial charge in [0.25, 0.3) is 5.91 Å². The van der Waals surface area contributed by atoms with E-state index >= 15 is 0 Å². The lowest BCUT2D eigenvalue weighted by Gasteiger charge is -2.26. The van der Waals surface area contributed by atoms with Gasteiger partial charge in [-0.25, -0.2) is 9.97 Å². The molecule has 0 aliphatic carbocycles. The SMILES string of the molecule is C#CC[C@@H](CO)O[C@H](C)n1cc(C(=O)N2CCCCC2)c2c(N)ncnc21. The van der Waals surface area contributed by atoms with Crippen LogP contribution in [0, 0.1) is 12.3 Å². The van der Waals surface area contributed by atoms with E-state index in [4.69, 9.17) is 16.9 Å². The zero-order valence-electron chi connectivity index (χ0n) is 15.5. The van der Waals surface area contributed by atoms with Gasteiger partial charge in [-0.2, -0.15) is 0 Å². The van der Waals surface area contributed by atoms with Crippen molar-refractivity contribution in [3.63, 3.8) is 0 Å². The van der Waals surface area contributed by atoms with Gasteiger partial charge in [0.1, 0.15) is 24.0 Å². The second-order valence-electron chi connectivity index (χ2n) is 6.71. The molecular weight excluding hydrogens is 346 g/mol. The van der Waals surface area contributed by atoms with Crippen molar-refractivity contribution < 1.29 is 14.6 Å². The van der Waals surface area contributed by atoms with E-state index in [0.29, 0.717) is 16.6 Å². The van der Waals surface area contributed by atoms with Gasteiger partial charge in [-0.1, -0.05) is 0 Å². The number of aliphatic hydroxyl groups excluding tert-OH is 1. The Bertz CT molecular complexity index is 851. The molecule has 0 bridgehead atoms. The fourth-order valence-electron chi connectivity index (χ4n) is 3.45. The first-order chi connectivity index (χ1) is 13.1. The number of amides is 1. The maximum Gasteiger partial charge on any atom is 0.256 e. The molecule has 0 spiro atoms. The van der Waals surface area contributed by atoms with Crippen molar-refractivity contribution in [2.45, 2.75) is 44.9 Å². The predicted octanol–water partition coefficient (Wildman–Crippen LogP) is 1.56. The van der Waals surface area contributed by atoms with Crippen LogP contribution in [-0.4, -0.2) is 56.2 Å². The molecule has 1 saturated heterocycles. The molecule has 144 valence electrons. The third kappa shape index (κ3) is 3.89. The average Bonchev–Trinajstić information content (AvgIpc) is 3.09. The summed E-state index contributed by atoms with van der Waals surface area (Å²) in [5.74, 6) is 2.67. The number of hydrogen-bond acceptors (Lipinski definition) is 6. The highest BCUT2D eigenvalue weighted by atomic mass is 16.5. The normalized spacial score (nSPS) is 16.9. The van der Waals surface area contributed by atoms with Crippen molar-refractivity contribution in [1.82, 2.24) is 19.4 Å². The molecule has 1 amide bonds. The first-order valence-electron chi connectivity index (χ1n) is 9.16. The van der Waals surface area contributed by atoms with Crippen molar-refractivity contribution in [1.29, 1.82) is 0 Å². The fourth-order valence-corrected chi connectivity index (χ4v) is 3.45. The molecule has 2 atom stereocenters. The van der Waals surface area contributed by atoms with Crippen LogP contribution in [0.1, 0.15) is 49.2 Å². The summed E-state index contributed by atoms with van der Waals surface area (Å²) >= 11 is 0. The van der Waals surface area contributed by atoms with Gasteiger partial charge in [0.2, 0.25) is 0 Å². The molecule has 0 unspecified atom stereocenters. The molecule has 1 aliphatic heterocycles.